The molecule has 1 aliphatic carbocycles. The van der Waals surface area contributed by atoms with Crippen LogP contribution < -0.4 is 0 Å². The molecule has 0 heterocycles. The van der Waals surface area contributed by atoms with E-state index >= 15 is 0 Å². The van der Waals surface area contributed by atoms with E-state index in [4.69, 9.17) is 0 Å². The lowest BCUT2D eigenvalue weighted by molar-refractivity contribution is -0.115. The zero-order valence-corrected chi connectivity index (χ0v) is 14.1. The lowest BCUT2D eigenvalue weighted by Gasteiger charge is -2.05. The van der Waals surface area contributed by atoms with Crippen LogP contribution >= 0.6 is 23.5 Å². The molecular weight excluding hydrogens is 272 g/mol. The Labute approximate surface area is 127 Å². The van der Waals surface area contributed by atoms with Crippen LogP contribution in [-0.2, 0) is 4.79 Å². The summed E-state index contributed by atoms with van der Waals surface area (Å²) in [6.07, 6.45) is 8.91. The van der Waals surface area contributed by atoms with Crippen LogP contribution in [0.3, 0.4) is 0 Å². The van der Waals surface area contributed by atoms with Gasteiger partial charge < -0.3 is 0 Å². The zero-order chi connectivity index (χ0) is 13.9. The Morgan fingerprint density at radius 3 is 2.68 bits per heavy atom. The second-order valence-corrected chi connectivity index (χ2v) is 7.75. The van der Waals surface area contributed by atoms with E-state index < -0.39 is 0 Å². The van der Waals surface area contributed by atoms with Crippen LogP contribution in [0.5, 0.6) is 0 Å². The topological polar surface area (TPSA) is 17.1 Å². The van der Waals surface area contributed by atoms with Gasteiger partial charge in [0.15, 0.2) is 5.78 Å². The number of rotatable bonds is 11. The van der Waals surface area contributed by atoms with Crippen molar-refractivity contribution in [2.45, 2.75) is 52.4 Å². The van der Waals surface area contributed by atoms with Gasteiger partial charge in [-0.15, -0.1) is 0 Å². The fourth-order valence-corrected chi connectivity index (χ4v) is 4.17. The van der Waals surface area contributed by atoms with Crippen LogP contribution in [0.25, 0.3) is 0 Å². The number of allylic oxidation sites excluding steroid dienone is 2. The van der Waals surface area contributed by atoms with Crippen molar-refractivity contribution >= 4 is 29.3 Å². The van der Waals surface area contributed by atoms with Crippen molar-refractivity contribution < 1.29 is 4.79 Å². The number of thioether (sulfide) groups is 2. The highest BCUT2D eigenvalue weighted by Crippen LogP contribution is 2.28. The third-order valence-corrected chi connectivity index (χ3v) is 5.54. The average Bonchev–Trinajstić information content (AvgIpc) is 2.76. The summed E-state index contributed by atoms with van der Waals surface area (Å²) in [6, 6.07) is 0. The predicted octanol–water partition coefficient (Wildman–Crippen LogP) is 4.96. The van der Waals surface area contributed by atoms with Gasteiger partial charge >= 0.3 is 0 Å². The molecule has 1 unspecified atom stereocenters. The number of Topliss-reactive ketones (excluding diaryl/α,β-unsaturated/α-hetero) is 1. The largest absolute Gasteiger partial charge is 0.295 e. The van der Waals surface area contributed by atoms with Gasteiger partial charge in [0.05, 0.1) is 0 Å². The minimum atomic E-state index is 0.419. The molecule has 0 aromatic carbocycles. The Kier molecular flexibility index (Phi) is 9.80. The van der Waals surface area contributed by atoms with E-state index in [1.165, 1.54) is 42.3 Å². The van der Waals surface area contributed by atoms with E-state index in [1.807, 2.05) is 11.8 Å². The van der Waals surface area contributed by atoms with Crippen molar-refractivity contribution in [1.29, 1.82) is 0 Å². The molecule has 0 N–H and O–H groups in total. The van der Waals surface area contributed by atoms with Crippen molar-refractivity contribution in [2.24, 2.45) is 5.92 Å². The Hall–Kier alpha value is 0.110. The van der Waals surface area contributed by atoms with Gasteiger partial charge in [-0.25, -0.2) is 0 Å². The number of carbonyl (C=O) groups is 1. The molecule has 1 nitrogen and oxygen atoms in total. The first kappa shape index (κ1) is 17.2. The fourth-order valence-electron chi connectivity index (χ4n) is 2.33. The van der Waals surface area contributed by atoms with E-state index in [1.54, 1.807) is 0 Å². The molecule has 0 aromatic rings. The first-order valence-corrected chi connectivity index (χ1v) is 9.98. The van der Waals surface area contributed by atoms with Crippen LogP contribution in [0.2, 0.25) is 0 Å². The number of hydrogen-bond acceptors (Lipinski definition) is 3. The van der Waals surface area contributed by atoms with Crippen molar-refractivity contribution in [2.75, 3.05) is 23.0 Å². The molecule has 0 saturated carbocycles. The highest BCUT2D eigenvalue weighted by atomic mass is 32.2. The van der Waals surface area contributed by atoms with Gasteiger partial charge in [-0.1, -0.05) is 26.3 Å². The maximum absolute atomic E-state index is 11.8. The summed E-state index contributed by atoms with van der Waals surface area (Å²) in [7, 11) is 0. The van der Waals surface area contributed by atoms with Crippen LogP contribution in [0, 0.1) is 5.92 Å². The lowest BCUT2D eigenvalue weighted by atomic mass is 10.1. The Morgan fingerprint density at radius 2 is 1.95 bits per heavy atom. The van der Waals surface area contributed by atoms with E-state index in [-0.39, 0.29) is 0 Å². The van der Waals surface area contributed by atoms with E-state index in [2.05, 4.69) is 31.7 Å². The molecule has 1 rings (SSSR count). The second kappa shape index (κ2) is 10.8. The Bertz CT molecular complexity index is 286. The maximum Gasteiger partial charge on any atom is 0.159 e. The molecule has 0 aromatic heterocycles. The van der Waals surface area contributed by atoms with Gasteiger partial charge in [0, 0.05) is 6.42 Å². The minimum Gasteiger partial charge on any atom is -0.295 e. The molecule has 0 radical (unpaired) electrons. The van der Waals surface area contributed by atoms with Crippen LogP contribution in [0.4, 0.5) is 0 Å². The molecule has 3 heteroatoms. The molecule has 0 aliphatic heterocycles. The average molecular weight is 301 g/mol. The normalized spacial score (nSPS) is 18.9. The van der Waals surface area contributed by atoms with Crippen molar-refractivity contribution in [3.63, 3.8) is 0 Å². The molecule has 1 aliphatic rings. The molecule has 0 bridgehead atoms. The van der Waals surface area contributed by atoms with E-state index in [9.17, 15) is 4.79 Å². The third-order valence-electron chi connectivity index (χ3n) is 3.46. The smallest absolute Gasteiger partial charge is 0.159 e. The van der Waals surface area contributed by atoms with Gasteiger partial charge in [0.25, 0.3) is 0 Å². The lowest BCUT2D eigenvalue weighted by Crippen LogP contribution is -2.00. The van der Waals surface area contributed by atoms with Gasteiger partial charge in [0.1, 0.15) is 0 Å². The predicted molar refractivity (Wildman–Crippen MR) is 90.3 cm³/mol. The molecule has 110 valence electrons. The third kappa shape index (κ3) is 7.45. The number of carbonyl (C=O) groups excluding carboxylic acids is 1. The molecule has 0 saturated heterocycles. The van der Waals surface area contributed by atoms with Crippen LogP contribution in [-0.4, -0.2) is 28.8 Å². The summed E-state index contributed by atoms with van der Waals surface area (Å²) in [4.78, 5) is 11.8. The summed E-state index contributed by atoms with van der Waals surface area (Å²) >= 11 is 4.09. The highest BCUT2D eigenvalue weighted by Gasteiger charge is 2.22. The van der Waals surface area contributed by atoms with Crippen molar-refractivity contribution in [3.8, 4) is 0 Å². The second-order valence-electron chi connectivity index (χ2n) is 5.13. The summed E-state index contributed by atoms with van der Waals surface area (Å²) in [5, 5.41) is 0. The number of unbranched alkanes of at least 4 members (excludes halogenated alkanes) is 1. The maximum atomic E-state index is 11.8. The van der Waals surface area contributed by atoms with Crippen molar-refractivity contribution in [3.05, 3.63) is 11.6 Å². The standard InChI is InChI=1S/C16H28OS2/c1-3-5-7-15-12-14(13-16(15)17)8-11-19-10-6-9-18-4-2/h12,14H,3-11,13H2,1-2H3. The quantitative estimate of drug-likeness (QED) is 0.502. The van der Waals surface area contributed by atoms with E-state index in [0.717, 1.165) is 24.8 Å². The zero-order valence-electron chi connectivity index (χ0n) is 12.5. The van der Waals surface area contributed by atoms with Gasteiger partial charge in [0.2, 0.25) is 0 Å². The van der Waals surface area contributed by atoms with E-state index in [0.29, 0.717) is 11.7 Å². The first-order chi connectivity index (χ1) is 9.27. The summed E-state index contributed by atoms with van der Waals surface area (Å²) < 4.78 is 0. The van der Waals surface area contributed by atoms with Gasteiger partial charge in [-0.2, -0.15) is 23.5 Å². The van der Waals surface area contributed by atoms with Gasteiger partial charge in [-0.3, -0.25) is 4.79 Å². The molecule has 1 atom stereocenters. The fraction of sp³-hybridized carbons (Fsp3) is 0.812. The van der Waals surface area contributed by atoms with Gasteiger partial charge in [-0.05, 0) is 60.2 Å². The van der Waals surface area contributed by atoms with Crippen molar-refractivity contribution in [1.82, 2.24) is 0 Å². The monoisotopic (exact) mass is 300 g/mol. The number of hydrogen-bond donors (Lipinski definition) is 0. The first-order valence-electron chi connectivity index (χ1n) is 7.67. The molecule has 0 fully saturated rings. The number of ketones is 1. The molecule has 0 spiro atoms. The summed E-state index contributed by atoms with van der Waals surface area (Å²) in [6.45, 7) is 4.41. The highest BCUT2D eigenvalue weighted by molar-refractivity contribution is 8.00. The van der Waals surface area contributed by atoms with Crippen LogP contribution in [0.1, 0.15) is 52.4 Å². The SMILES string of the molecule is CCCCC1=CC(CCSCCCSCC)CC1=O. The Morgan fingerprint density at radius 1 is 1.16 bits per heavy atom. The summed E-state index contributed by atoms with van der Waals surface area (Å²) in [5.74, 6) is 5.98. The molecule has 19 heavy (non-hydrogen) atoms. The summed E-state index contributed by atoms with van der Waals surface area (Å²) in [5.41, 5.74) is 1.12. The molecule has 0 amide bonds. The molecular formula is C16H28OS2. The minimum absolute atomic E-state index is 0.419. The van der Waals surface area contributed by atoms with Crippen LogP contribution in [0.15, 0.2) is 11.6 Å². The Balaban J connectivity index is 2.07.